The summed E-state index contributed by atoms with van der Waals surface area (Å²) in [5.41, 5.74) is 6.07. The third-order valence-electron chi connectivity index (χ3n) is 2.71. The molecule has 0 unspecified atom stereocenters. The normalized spacial score (nSPS) is 10.4. The lowest BCUT2D eigenvalue weighted by molar-refractivity contribution is 0.0999. The van der Waals surface area contributed by atoms with Crippen molar-refractivity contribution in [2.24, 2.45) is 5.73 Å². The van der Waals surface area contributed by atoms with Crippen LogP contribution in [-0.4, -0.2) is 10.9 Å². The zero-order chi connectivity index (χ0) is 14.0. The van der Waals surface area contributed by atoms with Crippen molar-refractivity contribution in [1.29, 1.82) is 0 Å². The Labute approximate surface area is 119 Å². The maximum Gasteiger partial charge on any atom is 0.252 e. The number of amides is 1. The molecular weight excluding hydrogens is 287 g/mol. The number of carbonyl (C=O) groups excluding carboxylic acids is 1. The largest absolute Gasteiger partial charge is 0.366 e. The van der Waals surface area contributed by atoms with E-state index < -0.39 is 5.91 Å². The van der Waals surface area contributed by atoms with Gasteiger partial charge >= 0.3 is 0 Å². The first-order valence-electron chi connectivity index (χ1n) is 5.43. The zero-order valence-corrected chi connectivity index (χ0v) is 11.3. The third kappa shape index (κ3) is 2.97. The fraction of sp³-hybridized carbons (Fsp3) is 0.0769. The molecule has 1 aromatic carbocycles. The lowest BCUT2D eigenvalue weighted by Gasteiger charge is -2.07. The highest BCUT2D eigenvalue weighted by molar-refractivity contribution is 6.35. The van der Waals surface area contributed by atoms with Crippen LogP contribution in [0.5, 0.6) is 0 Å². The number of carbonyl (C=O) groups is 1. The maximum atomic E-state index is 11.8. The number of rotatable bonds is 3. The molecule has 1 heterocycles. The number of aromatic nitrogens is 1. The van der Waals surface area contributed by atoms with Crippen LogP contribution in [0.4, 0.5) is 0 Å². The average molecular weight is 297 g/mol. The molecule has 6 heteroatoms. The van der Waals surface area contributed by atoms with Gasteiger partial charge < -0.3 is 10.7 Å². The van der Waals surface area contributed by atoms with Crippen LogP contribution in [0, 0.1) is 0 Å². The van der Waals surface area contributed by atoms with Crippen LogP contribution in [0.3, 0.4) is 0 Å². The predicted molar refractivity (Wildman–Crippen MR) is 74.8 cm³/mol. The quantitative estimate of drug-likeness (QED) is 0.912. The Kier molecular flexibility index (Phi) is 3.93. The Morgan fingerprint density at radius 1 is 1.26 bits per heavy atom. The number of nitrogens with two attached hydrogens (primary N) is 1. The topological polar surface area (TPSA) is 76.0 Å². The minimum absolute atomic E-state index is 0.190. The second-order valence-electron chi connectivity index (χ2n) is 3.98. The lowest BCUT2D eigenvalue weighted by atomic mass is 10.0. The summed E-state index contributed by atoms with van der Waals surface area (Å²) in [4.78, 5) is 25.6. The monoisotopic (exact) mass is 296 g/mol. The molecule has 0 saturated heterocycles. The van der Waals surface area contributed by atoms with Gasteiger partial charge in [-0.15, -0.1) is 0 Å². The SMILES string of the molecule is NC(=O)c1cc[nH]c(=O)c1Cc1ccc(Cl)cc1Cl. The Morgan fingerprint density at radius 2 is 2.00 bits per heavy atom. The van der Waals surface area contributed by atoms with Gasteiger partial charge in [0.2, 0.25) is 5.91 Å². The fourth-order valence-corrected chi connectivity index (χ4v) is 2.25. The molecule has 0 bridgehead atoms. The second-order valence-corrected chi connectivity index (χ2v) is 4.82. The van der Waals surface area contributed by atoms with E-state index in [1.807, 2.05) is 0 Å². The summed E-state index contributed by atoms with van der Waals surface area (Å²) in [5.74, 6) is -0.647. The van der Waals surface area contributed by atoms with Crippen LogP contribution < -0.4 is 11.3 Å². The van der Waals surface area contributed by atoms with Gasteiger partial charge in [-0.2, -0.15) is 0 Å². The van der Waals surface area contributed by atoms with Crippen LogP contribution in [-0.2, 0) is 6.42 Å². The van der Waals surface area contributed by atoms with Crippen molar-refractivity contribution >= 4 is 29.1 Å². The number of hydrogen-bond acceptors (Lipinski definition) is 2. The van der Waals surface area contributed by atoms with Crippen LogP contribution in [0.2, 0.25) is 10.0 Å². The summed E-state index contributed by atoms with van der Waals surface area (Å²) in [6.45, 7) is 0. The first kappa shape index (κ1) is 13.6. The fourth-order valence-electron chi connectivity index (χ4n) is 1.77. The Morgan fingerprint density at radius 3 is 2.63 bits per heavy atom. The Hall–Kier alpha value is -1.78. The van der Waals surface area contributed by atoms with Gasteiger partial charge in [0.1, 0.15) is 0 Å². The van der Waals surface area contributed by atoms with Gasteiger partial charge in [0.25, 0.3) is 5.56 Å². The highest BCUT2D eigenvalue weighted by Crippen LogP contribution is 2.23. The summed E-state index contributed by atoms with van der Waals surface area (Å²) in [6.07, 6.45) is 1.60. The van der Waals surface area contributed by atoms with E-state index in [1.165, 1.54) is 12.3 Å². The molecule has 0 spiro atoms. The molecule has 0 saturated carbocycles. The number of aromatic amines is 1. The molecule has 2 aromatic rings. The number of H-pyrrole nitrogens is 1. The van der Waals surface area contributed by atoms with Gasteiger partial charge in [-0.1, -0.05) is 29.3 Å². The molecule has 0 aliphatic rings. The van der Waals surface area contributed by atoms with Crippen molar-refractivity contribution in [3.05, 3.63) is 67.6 Å². The van der Waals surface area contributed by atoms with Crippen molar-refractivity contribution in [3.8, 4) is 0 Å². The smallest absolute Gasteiger partial charge is 0.252 e. The molecule has 1 aromatic heterocycles. The predicted octanol–water partition coefficient (Wildman–Crippen LogP) is 2.37. The third-order valence-corrected chi connectivity index (χ3v) is 3.30. The van der Waals surface area contributed by atoms with Gasteiger partial charge in [0, 0.05) is 33.8 Å². The summed E-state index contributed by atoms with van der Waals surface area (Å²) < 4.78 is 0. The standard InChI is InChI=1S/C13H10Cl2N2O2/c14-8-2-1-7(11(15)6-8)5-10-9(12(16)18)3-4-17-13(10)19/h1-4,6H,5H2,(H2,16,18)(H,17,19). The highest BCUT2D eigenvalue weighted by atomic mass is 35.5. The highest BCUT2D eigenvalue weighted by Gasteiger charge is 2.13. The zero-order valence-electron chi connectivity index (χ0n) is 9.74. The van der Waals surface area contributed by atoms with Gasteiger partial charge in [-0.05, 0) is 23.8 Å². The molecule has 0 aliphatic carbocycles. The van der Waals surface area contributed by atoms with E-state index in [0.29, 0.717) is 21.2 Å². The number of halogens is 2. The number of nitrogens with one attached hydrogen (secondary N) is 1. The number of hydrogen-bond donors (Lipinski definition) is 2. The minimum atomic E-state index is -0.647. The van der Waals surface area contributed by atoms with E-state index in [4.69, 9.17) is 28.9 Å². The number of pyridine rings is 1. The number of benzene rings is 1. The summed E-state index contributed by atoms with van der Waals surface area (Å²) >= 11 is 11.9. The maximum absolute atomic E-state index is 11.8. The molecule has 98 valence electrons. The van der Waals surface area contributed by atoms with Crippen LogP contribution in [0.25, 0.3) is 0 Å². The van der Waals surface area contributed by atoms with E-state index in [9.17, 15) is 9.59 Å². The second kappa shape index (κ2) is 5.47. The van der Waals surface area contributed by atoms with Crippen LogP contribution in [0.15, 0.2) is 35.3 Å². The van der Waals surface area contributed by atoms with E-state index in [0.717, 1.165) is 0 Å². The molecule has 1 amide bonds. The molecule has 19 heavy (non-hydrogen) atoms. The van der Waals surface area contributed by atoms with Crippen molar-refractivity contribution < 1.29 is 4.79 Å². The van der Waals surface area contributed by atoms with E-state index >= 15 is 0 Å². The molecule has 2 rings (SSSR count). The molecule has 4 nitrogen and oxygen atoms in total. The van der Waals surface area contributed by atoms with Crippen molar-refractivity contribution in [2.75, 3.05) is 0 Å². The molecule has 0 aliphatic heterocycles. The Balaban J connectivity index is 2.49. The summed E-state index contributed by atoms with van der Waals surface area (Å²) in [7, 11) is 0. The van der Waals surface area contributed by atoms with E-state index in [-0.39, 0.29) is 17.5 Å². The molecular formula is C13H10Cl2N2O2. The summed E-state index contributed by atoms with van der Waals surface area (Å²) in [5, 5.41) is 0.942. The lowest BCUT2D eigenvalue weighted by Crippen LogP contribution is -2.22. The van der Waals surface area contributed by atoms with Gasteiger partial charge in [0.05, 0.1) is 0 Å². The van der Waals surface area contributed by atoms with Gasteiger partial charge in [-0.25, -0.2) is 0 Å². The molecule has 3 N–H and O–H groups in total. The minimum Gasteiger partial charge on any atom is -0.366 e. The molecule has 0 radical (unpaired) electrons. The average Bonchev–Trinajstić information content (AvgIpc) is 2.34. The van der Waals surface area contributed by atoms with Gasteiger partial charge in [0.15, 0.2) is 0 Å². The van der Waals surface area contributed by atoms with Crippen LogP contribution >= 0.6 is 23.2 Å². The van der Waals surface area contributed by atoms with E-state index in [2.05, 4.69) is 4.98 Å². The first-order valence-corrected chi connectivity index (χ1v) is 6.19. The number of primary amides is 1. The van der Waals surface area contributed by atoms with Crippen molar-refractivity contribution in [3.63, 3.8) is 0 Å². The Bertz CT molecular complexity index is 695. The van der Waals surface area contributed by atoms with Crippen molar-refractivity contribution in [1.82, 2.24) is 4.98 Å². The van der Waals surface area contributed by atoms with Gasteiger partial charge in [-0.3, -0.25) is 9.59 Å². The molecule has 0 fully saturated rings. The van der Waals surface area contributed by atoms with Crippen molar-refractivity contribution in [2.45, 2.75) is 6.42 Å². The van der Waals surface area contributed by atoms with Crippen LogP contribution in [0.1, 0.15) is 21.5 Å². The first-order chi connectivity index (χ1) is 8.99. The van der Waals surface area contributed by atoms with E-state index in [1.54, 1.807) is 18.2 Å². The summed E-state index contributed by atoms with van der Waals surface area (Å²) in [6, 6.07) is 6.44. The molecule has 0 atom stereocenters.